The number of hydrogen-bond acceptors (Lipinski definition) is 2. The summed E-state index contributed by atoms with van der Waals surface area (Å²) in [5, 5.41) is 3.58. The van der Waals surface area contributed by atoms with Gasteiger partial charge in [-0.15, -0.1) is 0 Å². The van der Waals surface area contributed by atoms with E-state index in [-0.39, 0.29) is 18.0 Å². The molecule has 1 aliphatic heterocycles. The molecular formula is C15H21BrFNO. The molecule has 106 valence electrons. The molecule has 2 nitrogen and oxygen atoms in total. The Hall–Kier alpha value is -0.450. The van der Waals surface area contributed by atoms with Crippen LogP contribution in [0.5, 0.6) is 0 Å². The van der Waals surface area contributed by atoms with Gasteiger partial charge >= 0.3 is 0 Å². The van der Waals surface area contributed by atoms with Crippen LogP contribution < -0.4 is 5.32 Å². The van der Waals surface area contributed by atoms with E-state index in [0.29, 0.717) is 10.4 Å². The summed E-state index contributed by atoms with van der Waals surface area (Å²) >= 11 is 3.27. The van der Waals surface area contributed by atoms with Gasteiger partial charge in [-0.1, -0.05) is 13.0 Å². The van der Waals surface area contributed by atoms with Gasteiger partial charge in [0.1, 0.15) is 5.82 Å². The van der Waals surface area contributed by atoms with Crippen LogP contribution in [-0.4, -0.2) is 19.3 Å². The Morgan fingerprint density at radius 2 is 2.32 bits per heavy atom. The number of ether oxygens (including phenoxy) is 1. The van der Waals surface area contributed by atoms with Crippen LogP contribution in [0.25, 0.3) is 0 Å². The van der Waals surface area contributed by atoms with Crippen LogP contribution in [-0.2, 0) is 4.74 Å². The molecule has 1 aliphatic rings. The predicted molar refractivity (Wildman–Crippen MR) is 78.7 cm³/mol. The molecule has 3 unspecified atom stereocenters. The van der Waals surface area contributed by atoms with Gasteiger partial charge in [-0.25, -0.2) is 4.39 Å². The lowest BCUT2D eigenvalue weighted by Gasteiger charge is -2.27. The van der Waals surface area contributed by atoms with Crippen molar-refractivity contribution in [1.29, 1.82) is 0 Å². The monoisotopic (exact) mass is 329 g/mol. The van der Waals surface area contributed by atoms with Crippen molar-refractivity contribution in [3.63, 3.8) is 0 Å². The van der Waals surface area contributed by atoms with E-state index in [1.807, 2.05) is 12.1 Å². The summed E-state index contributed by atoms with van der Waals surface area (Å²) in [6.07, 6.45) is 2.39. The first-order valence-electron chi connectivity index (χ1n) is 6.93. The number of hydrogen-bond donors (Lipinski definition) is 1. The molecule has 1 saturated heterocycles. The molecule has 19 heavy (non-hydrogen) atoms. The minimum atomic E-state index is -0.214. The largest absolute Gasteiger partial charge is 0.378 e. The lowest BCUT2D eigenvalue weighted by molar-refractivity contribution is 0.0953. The quantitative estimate of drug-likeness (QED) is 0.879. The first-order valence-corrected chi connectivity index (χ1v) is 7.72. The van der Waals surface area contributed by atoms with Gasteiger partial charge in [0.05, 0.1) is 10.6 Å². The molecule has 0 radical (unpaired) electrons. The first-order chi connectivity index (χ1) is 9.13. The Morgan fingerprint density at radius 3 is 2.89 bits per heavy atom. The van der Waals surface area contributed by atoms with E-state index in [1.54, 1.807) is 0 Å². The average molecular weight is 330 g/mol. The molecule has 4 heteroatoms. The van der Waals surface area contributed by atoms with Crippen molar-refractivity contribution in [2.75, 3.05) is 13.2 Å². The van der Waals surface area contributed by atoms with Gasteiger partial charge in [-0.3, -0.25) is 0 Å². The van der Waals surface area contributed by atoms with Gasteiger partial charge < -0.3 is 10.1 Å². The fourth-order valence-corrected chi connectivity index (χ4v) is 3.10. The molecule has 0 amide bonds. The molecule has 0 bridgehead atoms. The molecule has 3 atom stereocenters. The second kappa shape index (κ2) is 6.82. The van der Waals surface area contributed by atoms with Crippen molar-refractivity contribution in [2.24, 2.45) is 5.92 Å². The van der Waals surface area contributed by atoms with Gasteiger partial charge in [0.25, 0.3) is 0 Å². The maximum atomic E-state index is 13.4. The van der Waals surface area contributed by atoms with Crippen LogP contribution in [0.2, 0.25) is 0 Å². The maximum Gasteiger partial charge on any atom is 0.137 e. The third kappa shape index (κ3) is 3.56. The van der Waals surface area contributed by atoms with Crippen molar-refractivity contribution >= 4 is 15.9 Å². The van der Waals surface area contributed by atoms with Crippen molar-refractivity contribution < 1.29 is 9.13 Å². The van der Waals surface area contributed by atoms with Crippen LogP contribution in [0.15, 0.2) is 22.7 Å². The van der Waals surface area contributed by atoms with Crippen LogP contribution in [0.1, 0.15) is 38.3 Å². The number of rotatable bonds is 5. The fraction of sp³-hybridized carbons (Fsp3) is 0.600. The summed E-state index contributed by atoms with van der Waals surface area (Å²) < 4.78 is 19.6. The highest BCUT2D eigenvalue weighted by molar-refractivity contribution is 9.10. The summed E-state index contributed by atoms with van der Waals surface area (Å²) in [6, 6.07) is 5.52. The summed E-state index contributed by atoms with van der Waals surface area (Å²) in [4.78, 5) is 0. The fourth-order valence-electron chi connectivity index (χ4n) is 2.71. The van der Waals surface area contributed by atoms with Crippen molar-refractivity contribution in [1.82, 2.24) is 5.32 Å². The van der Waals surface area contributed by atoms with Crippen LogP contribution in [0.3, 0.4) is 0 Å². The SMILES string of the molecule is CCCNC(c1ccc(F)c(Br)c1)C1CCOC1C. The normalized spacial score (nSPS) is 24.6. The van der Waals surface area contributed by atoms with Crippen LogP contribution in [0.4, 0.5) is 4.39 Å². The lowest BCUT2D eigenvalue weighted by atomic mass is 9.88. The smallest absolute Gasteiger partial charge is 0.137 e. The number of halogens is 2. The molecule has 0 spiro atoms. The maximum absolute atomic E-state index is 13.4. The number of nitrogens with one attached hydrogen (secondary N) is 1. The standard InChI is InChI=1S/C15H21BrFNO/c1-3-7-18-15(12-6-8-19-10(12)2)11-4-5-14(17)13(16)9-11/h4-5,9-10,12,15,18H,3,6-8H2,1-2H3. The second-order valence-corrected chi connectivity index (χ2v) is 5.99. The third-order valence-electron chi connectivity index (χ3n) is 3.78. The van der Waals surface area contributed by atoms with Crippen molar-refractivity contribution in [3.05, 3.63) is 34.1 Å². The zero-order valence-corrected chi connectivity index (χ0v) is 13.0. The minimum absolute atomic E-state index is 0.214. The van der Waals surface area contributed by atoms with Gasteiger partial charge in [-0.2, -0.15) is 0 Å². The highest BCUT2D eigenvalue weighted by atomic mass is 79.9. The molecule has 1 fully saturated rings. The van der Waals surface area contributed by atoms with E-state index in [0.717, 1.165) is 31.6 Å². The van der Waals surface area contributed by atoms with Crippen molar-refractivity contribution in [2.45, 2.75) is 38.8 Å². The summed E-state index contributed by atoms with van der Waals surface area (Å²) in [7, 11) is 0. The van der Waals surface area contributed by atoms with E-state index in [2.05, 4.69) is 35.1 Å². The summed E-state index contributed by atoms with van der Waals surface area (Å²) in [5.41, 5.74) is 1.13. The molecule has 1 aromatic rings. The molecule has 1 heterocycles. The molecular weight excluding hydrogens is 309 g/mol. The first kappa shape index (κ1) is 14.9. The molecule has 1 aromatic carbocycles. The highest BCUT2D eigenvalue weighted by Gasteiger charge is 2.32. The Kier molecular flexibility index (Phi) is 5.37. The zero-order chi connectivity index (χ0) is 13.8. The van der Waals surface area contributed by atoms with Crippen LogP contribution in [0, 0.1) is 11.7 Å². The van der Waals surface area contributed by atoms with E-state index >= 15 is 0 Å². The Bertz CT molecular complexity index is 427. The van der Waals surface area contributed by atoms with E-state index in [1.165, 1.54) is 6.07 Å². The summed E-state index contributed by atoms with van der Waals surface area (Å²) in [6.45, 7) is 6.05. The van der Waals surface area contributed by atoms with E-state index in [9.17, 15) is 4.39 Å². The number of benzene rings is 1. The van der Waals surface area contributed by atoms with Gasteiger partial charge in [0, 0.05) is 18.6 Å². The molecule has 0 aromatic heterocycles. The molecule has 0 aliphatic carbocycles. The lowest BCUT2D eigenvalue weighted by Crippen LogP contribution is -2.32. The Labute approximate surface area is 122 Å². The topological polar surface area (TPSA) is 21.3 Å². The molecule has 0 saturated carbocycles. The molecule has 1 N–H and O–H groups in total. The second-order valence-electron chi connectivity index (χ2n) is 5.13. The van der Waals surface area contributed by atoms with E-state index < -0.39 is 0 Å². The summed E-state index contributed by atoms with van der Waals surface area (Å²) in [5.74, 6) is 0.234. The van der Waals surface area contributed by atoms with Gasteiger partial charge in [0.15, 0.2) is 0 Å². The Balaban J connectivity index is 2.22. The van der Waals surface area contributed by atoms with E-state index in [4.69, 9.17) is 4.74 Å². The predicted octanol–water partition coefficient (Wildman–Crippen LogP) is 4.05. The highest BCUT2D eigenvalue weighted by Crippen LogP contribution is 2.34. The van der Waals surface area contributed by atoms with Gasteiger partial charge in [0.2, 0.25) is 0 Å². The molecule has 2 rings (SSSR count). The van der Waals surface area contributed by atoms with Crippen LogP contribution >= 0.6 is 15.9 Å². The van der Waals surface area contributed by atoms with Gasteiger partial charge in [-0.05, 0) is 59.9 Å². The minimum Gasteiger partial charge on any atom is -0.378 e. The van der Waals surface area contributed by atoms with Crippen molar-refractivity contribution in [3.8, 4) is 0 Å². The average Bonchev–Trinajstić information content (AvgIpc) is 2.80. The third-order valence-corrected chi connectivity index (χ3v) is 4.39. The Morgan fingerprint density at radius 1 is 1.53 bits per heavy atom. The zero-order valence-electron chi connectivity index (χ0n) is 11.5.